The zero-order chi connectivity index (χ0) is 12.7. The summed E-state index contributed by atoms with van der Waals surface area (Å²) in [4.78, 5) is 8.88. The quantitative estimate of drug-likeness (QED) is 0.777. The second-order valence-electron chi connectivity index (χ2n) is 4.61. The molecule has 1 aromatic rings. The second-order valence-corrected chi connectivity index (χ2v) is 4.61. The Morgan fingerprint density at radius 2 is 2.00 bits per heavy atom. The second kappa shape index (κ2) is 7.25. The number of pyridine rings is 1. The fourth-order valence-electron chi connectivity index (χ4n) is 1.61. The summed E-state index contributed by atoms with van der Waals surface area (Å²) in [5, 5.41) is 3.30. The van der Waals surface area contributed by atoms with Crippen molar-refractivity contribution in [3.63, 3.8) is 0 Å². The van der Waals surface area contributed by atoms with Gasteiger partial charge < -0.3 is 10.2 Å². The topological polar surface area (TPSA) is 31.4 Å². The Morgan fingerprint density at radius 1 is 1.24 bits per heavy atom. The van der Waals surface area contributed by atoms with Crippen molar-refractivity contribution >= 4 is 5.69 Å². The molecule has 0 saturated heterocycles. The van der Waals surface area contributed by atoms with Gasteiger partial charge in [-0.05, 0) is 40.2 Å². The van der Waals surface area contributed by atoms with Crippen LogP contribution in [0.4, 0.5) is 5.69 Å². The molecule has 0 amide bonds. The van der Waals surface area contributed by atoms with Crippen molar-refractivity contribution < 1.29 is 0 Å². The van der Waals surface area contributed by atoms with E-state index in [9.17, 15) is 0 Å². The van der Waals surface area contributed by atoms with E-state index in [1.165, 1.54) is 0 Å². The van der Waals surface area contributed by atoms with Crippen LogP contribution >= 0.6 is 0 Å². The van der Waals surface area contributed by atoms with Gasteiger partial charge in [-0.2, -0.15) is 0 Å². The van der Waals surface area contributed by atoms with Gasteiger partial charge in [0.2, 0.25) is 0 Å². The summed E-state index contributed by atoms with van der Waals surface area (Å²) >= 11 is 0. The van der Waals surface area contributed by atoms with Crippen LogP contribution in [0.25, 0.3) is 0 Å². The highest BCUT2D eigenvalue weighted by Crippen LogP contribution is 2.08. The average molecular weight is 236 g/mol. The van der Waals surface area contributed by atoms with Crippen molar-refractivity contribution in [2.75, 3.05) is 46.1 Å². The number of hydrogen-bond acceptors (Lipinski definition) is 4. The molecule has 0 spiro atoms. The molecule has 0 aliphatic heterocycles. The fourth-order valence-corrected chi connectivity index (χ4v) is 1.61. The van der Waals surface area contributed by atoms with Gasteiger partial charge in [0.1, 0.15) is 0 Å². The Hall–Kier alpha value is -1.13. The predicted octanol–water partition coefficient (Wildman–Crippen LogP) is 1.51. The lowest BCUT2D eigenvalue weighted by Gasteiger charge is -2.19. The summed E-state index contributed by atoms with van der Waals surface area (Å²) in [5.74, 6) is 0. The molecule has 4 nitrogen and oxygen atoms in total. The third-order valence-electron chi connectivity index (χ3n) is 2.56. The van der Waals surface area contributed by atoms with E-state index in [0.717, 1.165) is 37.6 Å². The van der Waals surface area contributed by atoms with E-state index < -0.39 is 0 Å². The van der Waals surface area contributed by atoms with Gasteiger partial charge in [0, 0.05) is 38.1 Å². The van der Waals surface area contributed by atoms with Crippen LogP contribution in [-0.4, -0.2) is 55.6 Å². The third kappa shape index (κ3) is 5.65. The van der Waals surface area contributed by atoms with Gasteiger partial charge in [-0.3, -0.25) is 9.88 Å². The van der Waals surface area contributed by atoms with Crippen molar-refractivity contribution in [3.05, 3.63) is 24.0 Å². The van der Waals surface area contributed by atoms with E-state index in [-0.39, 0.29) is 0 Å². The Bertz CT molecular complexity index is 325. The monoisotopic (exact) mass is 236 g/mol. The highest BCUT2D eigenvalue weighted by atomic mass is 15.2. The molecule has 1 heterocycles. The summed E-state index contributed by atoms with van der Waals surface area (Å²) in [6.45, 7) is 6.07. The van der Waals surface area contributed by atoms with Crippen molar-refractivity contribution in [1.82, 2.24) is 14.8 Å². The largest absolute Gasteiger partial charge is 0.385 e. The van der Waals surface area contributed by atoms with E-state index in [2.05, 4.69) is 54.2 Å². The van der Waals surface area contributed by atoms with Gasteiger partial charge >= 0.3 is 0 Å². The zero-order valence-electron chi connectivity index (χ0n) is 11.4. The molecule has 4 heteroatoms. The fraction of sp³-hybridized carbons (Fsp3) is 0.615. The summed E-state index contributed by atoms with van der Waals surface area (Å²) in [6, 6.07) is 4.13. The first-order valence-corrected chi connectivity index (χ1v) is 6.14. The van der Waals surface area contributed by atoms with Gasteiger partial charge in [-0.1, -0.05) is 0 Å². The molecule has 0 bridgehead atoms. The standard InChI is InChI=1S/C13H24N4/c1-5-14-12-6-7-15-13(10-12)11-17(4)9-8-16(2)3/h6-7,10H,5,8-9,11H2,1-4H3,(H,14,15). The highest BCUT2D eigenvalue weighted by molar-refractivity contribution is 5.42. The first kappa shape index (κ1) is 13.9. The molecule has 0 radical (unpaired) electrons. The van der Waals surface area contributed by atoms with Crippen molar-refractivity contribution in [3.8, 4) is 0 Å². The molecule has 0 fully saturated rings. The van der Waals surface area contributed by atoms with Crippen molar-refractivity contribution in [1.29, 1.82) is 0 Å². The van der Waals surface area contributed by atoms with Crippen molar-refractivity contribution in [2.45, 2.75) is 13.5 Å². The summed E-state index contributed by atoms with van der Waals surface area (Å²) in [6.07, 6.45) is 1.87. The van der Waals surface area contributed by atoms with E-state index in [1.54, 1.807) is 0 Å². The first-order valence-electron chi connectivity index (χ1n) is 6.14. The van der Waals surface area contributed by atoms with Crippen LogP contribution in [0.5, 0.6) is 0 Å². The van der Waals surface area contributed by atoms with E-state index in [1.807, 2.05) is 12.3 Å². The number of aromatic nitrogens is 1. The van der Waals surface area contributed by atoms with E-state index >= 15 is 0 Å². The minimum atomic E-state index is 0.896. The normalized spacial score (nSPS) is 11.2. The molecule has 0 atom stereocenters. The molecular formula is C13H24N4. The van der Waals surface area contributed by atoms with Gasteiger partial charge in [-0.15, -0.1) is 0 Å². The lowest BCUT2D eigenvalue weighted by atomic mass is 10.3. The molecule has 0 aromatic carbocycles. The number of hydrogen-bond donors (Lipinski definition) is 1. The van der Waals surface area contributed by atoms with Gasteiger partial charge in [0.15, 0.2) is 0 Å². The first-order chi connectivity index (χ1) is 8.11. The smallest absolute Gasteiger partial charge is 0.0564 e. The molecule has 0 saturated carbocycles. The minimum Gasteiger partial charge on any atom is -0.385 e. The maximum atomic E-state index is 4.39. The number of rotatable bonds is 7. The van der Waals surface area contributed by atoms with Crippen LogP contribution in [-0.2, 0) is 6.54 Å². The Balaban J connectivity index is 2.46. The van der Waals surface area contributed by atoms with Gasteiger partial charge in [0.25, 0.3) is 0 Å². The molecule has 1 aromatic heterocycles. The maximum absolute atomic E-state index is 4.39. The number of nitrogens with zero attached hydrogens (tertiary/aromatic N) is 3. The molecule has 1 rings (SSSR count). The molecule has 0 unspecified atom stereocenters. The van der Waals surface area contributed by atoms with Crippen LogP contribution in [0.1, 0.15) is 12.6 Å². The molecule has 1 N–H and O–H groups in total. The number of likely N-dealkylation sites (N-methyl/N-ethyl adjacent to an activating group) is 2. The molecular weight excluding hydrogens is 212 g/mol. The Labute approximate surface area is 105 Å². The zero-order valence-corrected chi connectivity index (χ0v) is 11.4. The summed E-state index contributed by atoms with van der Waals surface area (Å²) < 4.78 is 0. The molecule has 0 aliphatic carbocycles. The van der Waals surface area contributed by atoms with Crippen LogP contribution in [0.15, 0.2) is 18.3 Å². The molecule has 0 aliphatic rings. The van der Waals surface area contributed by atoms with Crippen LogP contribution in [0.2, 0.25) is 0 Å². The van der Waals surface area contributed by atoms with Crippen molar-refractivity contribution in [2.24, 2.45) is 0 Å². The molecule has 96 valence electrons. The Morgan fingerprint density at radius 3 is 2.65 bits per heavy atom. The number of anilines is 1. The predicted molar refractivity (Wildman–Crippen MR) is 73.3 cm³/mol. The van der Waals surface area contributed by atoms with Gasteiger partial charge in [-0.25, -0.2) is 0 Å². The molecule has 17 heavy (non-hydrogen) atoms. The Kier molecular flexibility index (Phi) is 5.94. The minimum absolute atomic E-state index is 0.896. The van der Waals surface area contributed by atoms with E-state index in [4.69, 9.17) is 0 Å². The van der Waals surface area contributed by atoms with Crippen LogP contribution < -0.4 is 5.32 Å². The highest BCUT2D eigenvalue weighted by Gasteiger charge is 2.02. The maximum Gasteiger partial charge on any atom is 0.0564 e. The van der Waals surface area contributed by atoms with E-state index in [0.29, 0.717) is 0 Å². The summed E-state index contributed by atoms with van der Waals surface area (Å²) in [7, 11) is 6.32. The lowest BCUT2D eigenvalue weighted by Crippen LogP contribution is -2.28. The summed E-state index contributed by atoms with van der Waals surface area (Å²) in [5.41, 5.74) is 2.27. The van der Waals surface area contributed by atoms with Gasteiger partial charge in [0.05, 0.1) is 5.69 Å². The van der Waals surface area contributed by atoms with Crippen LogP contribution in [0.3, 0.4) is 0 Å². The van der Waals surface area contributed by atoms with Crippen LogP contribution in [0, 0.1) is 0 Å². The number of nitrogens with one attached hydrogen (secondary N) is 1. The third-order valence-corrected chi connectivity index (χ3v) is 2.56. The average Bonchev–Trinajstić information content (AvgIpc) is 2.27. The lowest BCUT2D eigenvalue weighted by molar-refractivity contribution is 0.274. The SMILES string of the molecule is CCNc1ccnc(CN(C)CCN(C)C)c1.